The Morgan fingerprint density at radius 2 is 1.88 bits per heavy atom. The maximum Gasteiger partial charge on any atom is 0.0733 e. The molecule has 84 valence electrons. The SMILES string of the molecule is Clc1ccsc1C(Cl)Cc1ccc(Br)cc1. The standard InChI is InChI=1S/C12H9BrCl2S/c13-9-3-1-8(2-4-9)7-11(15)12-10(14)5-6-16-12/h1-6,11H,7H2. The molecule has 1 aromatic carbocycles. The van der Waals surface area contributed by atoms with Crippen LogP contribution >= 0.6 is 50.5 Å². The van der Waals surface area contributed by atoms with Gasteiger partial charge < -0.3 is 0 Å². The van der Waals surface area contributed by atoms with Crippen LogP contribution in [0.2, 0.25) is 5.02 Å². The highest BCUT2D eigenvalue weighted by molar-refractivity contribution is 9.10. The fourth-order valence-electron chi connectivity index (χ4n) is 1.45. The van der Waals surface area contributed by atoms with E-state index in [9.17, 15) is 0 Å². The van der Waals surface area contributed by atoms with E-state index in [1.54, 1.807) is 11.3 Å². The second-order valence-corrected chi connectivity index (χ2v) is 6.23. The van der Waals surface area contributed by atoms with E-state index in [-0.39, 0.29) is 5.38 Å². The fourth-order valence-corrected chi connectivity index (χ4v) is 3.38. The summed E-state index contributed by atoms with van der Waals surface area (Å²) in [5, 5.41) is 2.69. The fraction of sp³-hybridized carbons (Fsp3) is 0.167. The Morgan fingerprint density at radius 1 is 1.19 bits per heavy atom. The maximum atomic E-state index is 6.34. The van der Waals surface area contributed by atoms with Gasteiger partial charge in [0.1, 0.15) is 0 Å². The van der Waals surface area contributed by atoms with Crippen molar-refractivity contribution in [2.75, 3.05) is 0 Å². The summed E-state index contributed by atoms with van der Waals surface area (Å²) < 4.78 is 1.08. The lowest BCUT2D eigenvalue weighted by molar-refractivity contribution is 0.940. The van der Waals surface area contributed by atoms with Crippen molar-refractivity contribution in [1.82, 2.24) is 0 Å². The molecule has 4 heteroatoms. The third-order valence-corrected chi connectivity index (χ3v) is 4.76. The third kappa shape index (κ3) is 3.01. The van der Waals surface area contributed by atoms with Gasteiger partial charge in [-0.3, -0.25) is 0 Å². The van der Waals surface area contributed by atoms with Crippen LogP contribution in [0.4, 0.5) is 0 Å². The van der Waals surface area contributed by atoms with Crippen LogP contribution in [-0.4, -0.2) is 0 Å². The van der Waals surface area contributed by atoms with E-state index in [1.165, 1.54) is 5.56 Å². The molecule has 0 radical (unpaired) electrons. The third-order valence-electron chi connectivity index (χ3n) is 2.26. The van der Waals surface area contributed by atoms with Crippen LogP contribution in [0.3, 0.4) is 0 Å². The summed E-state index contributed by atoms with van der Waals surface area (Å²) in [4.78, 5) is 1.05. The molecule has 1 aromatic heterocycles. The van der Waals surface area contributed by atoms with Gasteiger partial charge in [0.05, 0.1) is 10.4 Å². The number of hydrogen-bond acceptors (Lipinski definition) is 1. The quantitative estimate of drug-likeness (QED) is 0.632. The van der Waals surface area contributed by atoms with Gasteiger partial charge in [-0.15, -0.1) is 22.9 Å². The van der Waals surface area contributed by atoms with Gasteiger partial charge in [-0.2, -0.15) is 0 Å². The number of thiophene rings is 1. The lowest BCUT2D eigenvalue weighted by atomic mass is 10.1. The van der Waals surface area contributed by atoms with E-state index >= 15 is 0 Å². The van der Waals surface area contributed by atoms with Crippen molar-refractivity contribution >= 4 is 50.5 Å². The summed E-state index contributed by atoms with van der Waals surface area (Å²) >= 11 is 17.4. The molecule has 1 heterocycles. The van der Waals surface area contributed by atoms with Gasteiger partial charge in [-0.05, 0) is 35.6 Å². The van der Waals surface area contributed by atoms with Crippen molar-refractivity contribution < 1.29 is 0 Å². The lowest BCUT2D eigenvalue weighted by Gasteiger charge is -2.08. The van der Waals surface area contributed by atoms with Crippen molar-refractivity contribution in [1.29, 1.82) is 0 Å². The minimum absolute atomic E-state index is 0.0475. The molecule has 0 aliphatic rings. The number of hydrogen-bond donors (Lipinski definition) is 0. The average molecular weight is 336 g/mol. The molecule has 16 heavy (non-hydrogen) atoms. The minimum atomic E-state index is -0.0475. The average Bonchev–Trinajstić information content (AvgIpc) is 2.68. The highest BCUT2D eigenvalue weighted by atomic mass is 79.9. The van der Waals surface area contributed by atoms with E-state index in [2.05, 4.69) is 28.1 Å². The monoisotopic (exact) mass is 334 g/mol. The first-order valence-electron chi connectivity index (χ1n) is 4.78. The smallest absolute Gasteiger partial charge is 0.0733 e. The van der Waals surface area contributed by atoms with Gasteiger partial charge in [0.25, 0.3) is 0 Å². The van der Waals surface area contributed by atoms with Gasteiger partial charge >= 0.3 is 0 Å². The van der Waals surface area contributed by atoms with E-state index in [4.69, 9.17) is 23.2 Å². The van der Waals surface area contributed by atoms with Crippen molar-refractivity contribution in [3.63, 3.8) is 0 Å². The number of benzene rings is 1. The Labute approximate surface area is 117 Å². The van der Waals surface area contributed by atoms with Gasteiger partial charge in [0.2, 0.25) is 0 Å². The Hall–Kier alpha value is -0.0200. The molecule has 1 unspecified atom stereocenters. The molecule has 0 nitrogen and oxygen atoms in total. The van der Waals surface area contributed by atoms with Gasteiger partial charge in [-0.1, -0.05) is 39.7 Å². The molecule has 1 atom stereocenters. The number of rotatable bonds is 3. The topological polar surface area (TPSA) is 0 Å². The van der Waals surface area contributed by atoms with E-state index in [0.29, 0.717) is 0 Å². The second kappa shape index (κ2) is 5.54. The first-order valence-corrected chi connectivity index (χ1v) is 7.27. The zero-order chi connectivity index (χ0) is 11.5. The molecule has 0 N–H and O–H groups in total. The summed E-state index contributed by atoms with van der Waals surface area (Å²) in [6.45, 7) is 0. The van der Waals surface area contributed by atoms with Crippen LogP contribution in [0.25, 0.3) is 0 Å². The van der Waals surface area contributed by atoms with Crippen LogP contribution in [0, 0.1) is 0 Å². The molecule has 0 fully saturated rings. The molecule has 0 aliphatic heterocycles. The molecule has 0 bridgehead atoms. The first-order chi connectivity index (χ1) is 7.66. The van der Waals surface area contributed by atoms with Gasteiger partial charge in [0, 0.05) is 9.35 Å². The van der Waals surface area contributed by atoms with Crippen LogP contribution in [0.1, 0.15) is 15.8 Å². The van der Waals surface area contributed by atoms with Crippen LogP contribution in [-0.2, 0) is 6.42 Å². The molecule has 2 aromatic rings. The van der Waals surface area contributed by atoms with Crippen molar-refractivity contribution in [2.24, 2.45) is 0 Å². The first kappa shape index (κ1) is 12.4. The lowest BCUT2D eigenvalue weighted by Crippen LogP contribution is -1.93. The molecule has 0 spiro atoms. The largest absolute Gasteiger partial charge is 0.146 e. The molecule has 0 saturated heterocycles. The van der Waals surface area contributed by atoms with Crippen LogP contribution in [0.15, 0.2) is 40.2 Å². The Bertz CT molecular complexity index is 464. The predicted molar refractivity (Wildman–Crippen MR) is 75.8 cm³/mol. The Kier molecular flexibility index (Phi) is 4.31. The zero-order valence-corrected chi connectivity index (χ0v) is 12.2. The highest BCUT2D eigenvalue weighted by Gasteiger charge is 2.13. The summed E-state index contributed by atoms with van der Waals surface area (Å²) in [5.74, 6) is 0. The molecular formula is C12H9BrCl2S. The maximum absolute atomic E-state index is 6.34. The summed E-state index contributed by atoms with van der Waals surface area (Å²) in [5.41, 5.74) is 1.22. The Morgan fingerprint density at radius 3 is 2.44 bits per heavy atom. The van der Waals surface area contributed by atoms with Crippen LogP contribution < -0.4 is 0 Å². The Balaban J connectivity index is 2.10. The number of halogens is 3. The van der Waals surface area contributed by atoms with E-state index in [0.717, 1.165) is 20.8 Å². The van der Waals surface area contributed by atoms with Gasteiger partial charge in [0.15, 0.2) is 0 Å². The molecule has 2 rings (SSSR count). The summed E-state index contributed by atoms with van der Waals surface area (Å²) in [6.07, 6.45) is 0.801. The van der Waals surface area contributed by atoms with E-state index < -0.39 is 0 Å². The molecule has 0 aliphatic carbocycles. The normalized spacial score (nSPS) is 12.7. The van der Waals surface area contributed by atoms with Gasteiger partial charge in [-0.25, -0.2) is 0 Å². The van der Waals surface area contributed by atoms with Crippen molar-refractivity contribution in [2.45, 2.75) is 11.8 Å². The van der Waals surface area contributed by atoms with Crippen LogP contribution in [0.5, 0.6) is 0 Å². The minimum Gasteiger partial charge on any atom is -0.146 e. The predicted octanol–water partition coefficient (Wildman–Crippen LogP) is 5.69. The van der Waals surface area contributed by atoms with Crippen molar-refractivity contribution in [3.8, 4) is 0 Å². The number of alkyl halides is 1. The zero-order valence-electron chi connectivity index (χ0n) is 8.29. The second-order valence-electron chi connectivity index (χ2n) is 3.43. The molecule has 0 saturated carbocycles. The molecular weight excluding hydrogens is 327 g/mol. The highest BCUT2D eigenvalue weighted by Crippen LogP contribution is 2.35. The van der Waals surface area contributed by atoms with E-state index in [1.807, 2.05) is 23.6 Å². The summed E-state index contributed by atoms with van der Waals surface area (Å²) in [7, 11) is 0. The van der Waals surface area contributed by atoms with Crippen molar-refractivity contribution in [3.05, 3.63) is 55.6 Å². The summed E-state index contributed by atoms with van der Waals surface area (Å²) in [6, 6.07) is 10.1. The molecule has 0 amide bonds.